The molecule has 7 nitrogen and oxygen atoms in total. The van der Waals surface area contributed by atoms with Gasteiger partial charge in [0.25, 0.3) is 0 Å². The van der Waals surface area contributed by atoms with Crippen LogP contribution in [-0.2, 0) is 14.3 Å². The summed E-state index contributed by atoms with van der Waals surface area (Å²) in [5, 5.41) is 3.39. The van der Waals surface area contributed by atoms with Gasteiger partial charge in [-0.15, -0.1) is 11.3 Å². The van der Waals surface area contributed by atoms with Gasteiger partial charge >= 0.3 is 5.97 Å². The topological polar surface area (TPSA) is 79.0 Å². The van der Waals surface area contributed by atoms with E-state index in [4.69, 9.17) is 4.74 Å². The zero-order valence-corrected chi connectivity index (χ0v) is 19.3. The van der Waals surface area contributed by atoms with Crippen molar-refractivity contribution >= 4 is 34.1 Å². The Labute approximate surface area is 187 Å². The predicted molar refractivity (Wildman–Crippen MR) is 122 cm³/mol. The van der Waals surface area contributed by atoms with Gasteiger partial charge < -0.3 is 15.0 Å². The van der Waals surface area contributed by atoms with E-state index in [9.17, 15) is 14.4 Å². The first-order valence-electron chi connectivity index (χ1n) is 10.4. The van der Waals surface area contributed by atoms with E-state index in [0.29, 0.717) is 17.1 Å². The van der Waals surface area contributed by atoms with E-state index in [1.165, 1.54) is 11.3 Å². The summed E-state index contributed by atoms with van der Waals surface area (Å²) in [7, 11) is 3.45. The number of ether oxygens (including phenoxy) is 1. The molecule has 1 aromatic carbocycles. The number of nitrogens with one attached hydrogen (secondary N) is 1. The molecule has 2 aromatic rings. The standard InChI is InChI=1S/C23H29N3O4S/c1-5-30-23(29)19-15(2)20(16-10-7-6-8-11-16)31-21(19)24-18(27)14-26-13-9-12-17(26)22(28)25(3)4/h6-8,10-11,17H,5,9,12-14H2,1-4H3,(H,24,27). The SMILES string of the molecule is CCOC(=O)c1c(NC(=O)CN2CCCC2C(=O)N(C)C)sc(-c2ccccc2)c1C. The molecule has 1 aliphatic heterocycles. The van der Waals surface area contributed by atoms with E-state index in [0.717, 1.165) is 28.8 Å². The molecule has 1 saturated heterocycles. The lowest BCUT2D eigenvalue weighted by Gasteiger charge is -2.25. The number of likely N-dealkylation sites (N-methyl/N-ethyl adjacent to an activating group) is 1. The van der Waals surface area contributed by atoms with E-state index < -0.39 is 5.97 Å². The van der Waals surface area contributed by atoms with Crippen molar-refractivity contribution in [2.45, 2.75) is 32.7 Å². The highest BCUT2D eigenvalue weighted by Crippen LogP contribution is 2.40. The molecule has 1 unspecified atom stereocenters. The van der Waals surface area contributed by atoms with Gasteiger partial charge in [0, 0.05) is 19.0 Å². The van der Waals surface area contributed by atoms with Gasteiger partial charge in [-0.05, 0) is 44.4 Å². The smallest absolute Gasteiger partial charge is 0.341 e. The highest BCUT2D eigenvalue weighted by molar-refractivity contribution is 7.20. The second-order valence-electron chi connectivity index (χ2n) is 7.76. The molecule has 1 fully saturated rings. The predicted octanol–water partition coefficient (Wildman–Crippen LogP) is 3.39. The number of hydrogen-bond donors (Lipinski definition) is 1. The fourth-order valence-electron chi connectivity index (χ4n) is 3.86. The highest BCUT2D eigenvalue weighted by atomic mass is 32.1. The minimum Gasteiger partial charge on any atom is -0.462 e. The van der Waals surface area contributed by atoms with Crippen molar-refractivity contribution in [3.63, 3.8) is 0 Å². The van der Waals surface area contributed by atoms with Crippen LogP contribution in [0.1, 0.15) is 35.7 Å². The molecule has 31 heavy (non-hydrogen) atoms. The number of anilines is 1. The van der Waals surface area contributed by atoms with Crippen LogP contribution in [0.5, 0.6) is 0 Å². The molecule has 1 N–H and O–H groups in total. The van der Waals surface area contributed by atoms with Gasteiger partial charge in [0.1, 0.15) is 5.00 Å². The van der Waals surface area contributed by atoms with Gasteiger partial charge in [-0.25, -0.2) is 4.79 Å². The first kappa shape index (κ1) is 23.0. The second kappa shape index (κ2) is 10.1. The zero-order valence-electron chi connectivity index (χ0n) is 18.4. The molecule has 3 rings (SSSR count). The van der Waals surface area contributed by atoms with E-state index in [1.807, 2.05) is 42.2 Å². The van der Waals surface area contributed by atoms with E-state index in [-0.39, 0.29) is 31.0 Å². The Morgan fingerprint density at radius 3 is 2.58 bits per heavy atom. The summed E-state index contributed by atoms with van der Waals surface area (Å²) in [6.45, 7) is 4.67. The third-order valence-corrected chi connectivity index (χ3v) is 6.61. The van der Waals surface area contributed by atoms with Crippen LogP contribution in [0.15, 0.2) is 30.3 Å². The summed E-state index contributed by atoms with van der Waals surface area (Å²) in [5.74, 6) is -0.684. The number of carbonyl (C=O) groups excluding carboxylic acids is 3. The van der Waals surface area contributed by atoms with E-state index in [2.05, 4.69) is 5.32 Å². The van der Waals surface area contributed by atoms with Crippen molar-refractivity contribution in [1.82, 2.24) is 9.80 Å². The van der Waals surface area contributed by atoms with Crippen LogP contribution in [0, 0.1) is 6.92 Å². The number of esters is 1. The third-order valence-electron chi connectivity index (χ3n) is 5.35. The van der Waals surface area contributed by atoms with Crippen molar-refractivity contribution in [2.24, 2.45) is 0 Å². The second-order valence-corrected chi connectivity index (χ2v) is 8.78. The summed E-state index contributed by atoms with van der Waals surface area (Å²) >= 11 is 1.37. The molecule has 0 spiro atoms. The van der Waals surface area contributed by atoms with Gasteiger partial charge in [-0.2, -0.15) is 0 Å². The molecule has 0 bridgehead atoms. The Hall–Kier alpha value is -2.71. The van der Waals surface area contributed by atoms with Crippen LogP contribution in [-0.4, -0.2) is 67.4 Å². The van der Waals surface area contributed by atoms with E-state index in [1.54, 1.807) is 25.9 Å². The Morgan fingerprint density at radius 1 is 1.23 bits per heavy atom. The van der Waals surface area contributed by atoms with Gasteiger partial charge in [0.05, 0.1) is 24.8 Å². The van der Waals surface area contributed by atoms with Crippen LogP contribution in [0.4, 0.5) is 5.00 Å². The van der Waals surface area contributed by atoms with Gasteiger partial charge in [-0.1, -0.05) is 30.3 Å². The number of rotatable bonds is 7. The van der Waals surface area contributed by atoms with Crippen molar-refractivity contribution in [2.75, 3.05) is 39.1 Å². The molecule has 0 saturated carbocycles. The maximum atomic E-state index is 12.9. The van der Waals surface area contributed by atoms with Crippen LogP contribution < -0.4 is 5.32 Å². The number of benzene rings is 1. The number of likely N-dealkylation sites (tertiary alicyclic amines) is 1. The zero-order chi connectivity index (χ0) is 22.5. The van der Waals surface area contributed by atoms with Crippen molar-refractivity contribution in [3.05, 3.63) is 41.5 Å². The fourth-order valence-corrected chi connectivity index (χ4v) is 5.08. The van der Waals surface area contributed by atoms with Gasteiger partial charge in [0.2, 0.25) is 11.8 Å². The summed E-state index contributed by atoms with van der Waals surface area (Å²) < 4.78 is 5.24. The first-order valence-corrected chi connectivity index (χ1v) is 11.3. The average molecular weight is 444 g/mol. The molecule has 1 aliphatic rings. The average Bonchev–Trinajstić information content (AvgIpc) is 3.32. The maximum absolute atomic E-state index is 12.9. The maximum Gasteiger partial charge on any atom is 0.341 e. The summed E-state index contributed by atoms with van der Waals surface area (Å²) in [6, 6.07) is 9.47. The summed E-state index contributed by atoms with van der Waals surface area (Å²) in [6.07, 6.45) is 1.62. The summed E-state index contributed by atoms with van der Waals surface area (Å²) in [5.41, 5.74) is 2.15. The number of carbonyl (C=O) groups is 3. The van der Waals surface area contributed by atoms with Gasteiger partial charge in [0.15, 0.2) is 0 Å². The Morgan fingerprint density at radius 2 is 1.94 bits per heavy atom. The number of hydrogen-bond acceptors (Lipinski definition) is 6. The quantitative estimate of drug-likeness (QED) is 0.664. The molecule has 1 aromatic heterocycles. The normalized spacial score (nSPS) is 16.2. The Bertz CT molecular complexity index is 955. The van der Waals surface area contributed by atoms with Crippen molar-refractivity contribution in [1.29, 1.82) is 0 Å². The number of thiophene rings is 1. The van der Waals surface area contributed by atoms with Crippen LogP contribution >= 0.6 is 11.3 Å². The molecule has 1 atom stereocenters. The van der Waals surface area contributed by atoms with Crippen molar-refractivity contribution < 1.29 is 19.1 Å². The van der Waals surface area contributed by atoms with Crippen molar-refractivity contribution in [3.8, 4) is 10.4 Å². The van der Waals surface area contributed by atoms with Crippen LogP contribution in [0.3, 0.4) is 0 Å². The molecule has 0 aliphatic carbocycles. The molecular formula is C23H29N3O4S. The fraction of sp³-hybridized carbons (Fsp3) is 0.435. The molecule has 0 radical (unpaired) electrons. The Balaban J connectivity index is 1.83. The first-order chi connectivity index (χ1) is 14.8. The highest BCUT2D eigenvalue weighted by Gasteiger charge is 2.33. The minimum atomic E-state index is -0.449. The lowest BCUT2D eigenvalue weighted by atomic mass is 10.1. The molecule has 2 heterocycles. The summed E-state index contributed by atoms with van der Waals surface area (Å²) in [4.78, 5) is 42.3. The molecule has 166 valence electrons. The van der Waals surface area contributed by atoms with Crippen LogP contribution in [0.2, 0.25) is 0 Å². The van der Waals surface area contributed by atoms with Gasteiger partial charge in [-0.3, -0.25) is 14.5 Å². The largest absolute Gasteiger partial charge is 0.462 e. The third kappa shape index (κ3) is 5.14. The van der Waals surface area contributed by atoms with E-state index >= 15 is 0 Å². The van der Waals surface area contributed by atoms with Crippen LogP contribution in [0.25, 0.3) is 10.4 Å². The molecule has 2 amide bonds. The Kier molecular flexibility index (Phi) is 7.46. The molecule has 8 heteroatoms. The molecular weight excluding hydrogens is 414 g/mol. The number of amides is 2. The lowest BCUT2D eigenvalue weighted by molar-refractivity contribution is -0.133. The minimum absolute atomic E-state index is 0.0100. The lowest BCUT2D eigenvalue weighted by Crippen LogP contribution is -2.45. The number of nitrogens with zero attached hydrogens (tertiary/aromatic N) is 2. The monoisotopic (exact) mass is 443 g/mol.